The summed E-state index contributed by atoms with van der Waals surface area (Å²) in [6, 6.07) is 8.48. The van der Waals surface area contributed by atoms with Crippen LogP contribution in [0.5, 0.6) is 0 Å². The Labute approximate surface area is 169 Å². The van der Waals surface area contributed by atoms with Crippen LogP contribution in [-0.2, 0) is 4.74 Å². The number of aliphatic hydroxyl groups excluding tert-OH is 1. The molecule has 2 N–H and O–H groups in total. The summed E-state index contributed by atoms with van der Waals surface area (Å²) < 4.78 is 6.07. The summed E-state index contributed by atoms with van der Waals surface area (Å²) in [6.07, 6.45) is 2.85. The third-order valence-corrected chi connectivity index (χ3v) is 5.69. The number of ether oxygens (including phenoxy) is 1. The minimum Gasteiger partial charge on any atom is -0.393 e. The number of aliphatic imine (C=N–C) groups is 1. The van der Waals surface area contributed by atoms with Gasteiger partial charge in [0.1, 0.15) is 6.10 Å². The van der Waals surface area contributed by atoms with Crippen LogP contribution < -0.4 is 5.32 Å². The van der Waals surface area contributed by atoms with Crippen LogP contribution in [0, 0.1) is 6.92 Å². The van der Waals surface area contributed by atoms with Gasteiger partial charge in [0.15, 0.2) is 5.96 Å². The number of benzene rings is 1. The lowest BCUT2D eigenvalue weighted by atomic mass is 10.0. The summed E-state index contributed by atoms with van der Waals surface area (Å²) in [5.74, 6) is 0.999. The first-order valence-corrected chi connectivity index (χ1v) is 10.8. The van der Waals surface area contributed by atoms with Gasteiger partial charge in [-0.05, 0) is 50.8 Å². The number of hydrogen-bond donors (Lipinski definition) is 2. The molecule has 0 aliphatic carbocycles. The average molecular weight is 389 g/mol. The molecule has 0 saturated carbocycles. The van der Waals surface area contributed by atoms with Crippen molar-refractivity contribution < 1.29 is 9.84 Å². The summed E-state index contributed by atoms with van der Waals surface area (Å²) in [6.45, 7) is 11.5. The normalized spacial score (nSPS) is 22.5. The van der Waals surface area contributed by atoms with Gasteiger partial charge < -0.3 is 25.0 Å². The molecule has 0 amide bonds. The zero-order valence-electron chi connectivity index (χ0n) is 17.4. The molecule has 2 fully saturated rings. The number of nitrogens with one attached hydrogen (secondary N) is 1. The van der Waals surface area contributed by atoms with E-state index < -0.39 is 0 Å². The number of nitrogens with zero attached hydrogens (tertiary/aromatic N) is 3. The number of likely N-dealkylation sites (tertiary alicyclic amines) is 1. The number of aryl methyl sites for hydroxylation is 1. The SMILES string of the molecule is CCNC(=NCCCN1CCC(O)CC1)N1CCOC(c2ccccc2C)C1. The molecule has 0 aromatic heterocycles. The second-order valence-electron chi connectivity index (χ2n) is 7.82. The fourth-order valence-corrected chi connectivity index (χ4v) is 4.03. The minimum absolute atomic E-state index is 0.0959. The molecule has 3 rings (SSSR count). The number of rotatable bonds is 6. The van der Waals surface area contributed by atoms with E-state index in [1.165, 1.54) is 11.1 Å². The molecule has 1 aromatic carbocycles. The number of morpholine rings is 1. The molecule has 2 aliphatic heterocycles. The first-order chi connectivity index (χ1) is 13.7. The van der Waals surface area contributed by atoms with Crippen LogP contribution >= 0.6 is 0 Å². The van der Waals surface area contributed by atoms with E-state index in [9.17, 15) is 5.11 Å². The van der Waals surface area contributed by atoms with Crippen LogP contribution in [0.25, 0.3) is 0 Å². The van der Waals surface area contributed by atoms with Crippen molar-refractivity contribution in [3.05, 3.63) is 35.4 Å². The van der Waals surface area contributed by atoms with E-state index in [1.54, 1.807) is 0 Å². The lowest BCUT2D eigenvalue weighted by Gasteiger charge is -2.36. The third-order valence-electron chi connectivity index (χ3n) is 5.69. The van der Waals surface area contributed by atoms with E-state index >= 15 is 0 Å². The largest absolute Gasteiger partial charge is 0.393 e. The maximum absolute atomic E-state index is 9.62. The number of piperidine rings is 1. The van der Waals surface area contributed by atoms with Crippen molar-refractivity contribution in [2.24, 2.45) is 4.99 Å². The third kappa shape index (κ3) is 5.93. The van der Waals surface area contributed by atoms with E-state index in [4.69, 9.17) is 9.73 Å². The van der Waals surface area contributed by atoms with Crippen LogP contribution in [0.1, 0.15) is 43.4 Å². The van der Waals surface area contributed by atoms with Crippen molar-refractivity contribution in [3.63, 3.8) is 0 Å². The Morgan fingerprint density at radius 3 is 2.79 bits per heavy atom. The lowest BCUT2D eigenvalue weighted by molar-refractivity contribution is -0.00833. The van der Waals surface area contributed by atoms with Crippen molar-refractivity contribution in [3.8, 4) is 0 Å². The molecule has 2 heterocycles. The molecular formula is C22H36N4O2. The highest BCUT2D eigenvalue weighted by molar-refractivity contribution is 5.80. The van der Waals surface area contributed by atoms with Crippen LogP contribution in [-0.4, -0.2) is 79.4 Å². The molecule has 0 radical (unpaired) electrons. The fraction of sp³-hybridized carbons (Fsp3) is 0.682. The molecule has 6 nitrogen and oxygen atoms in total. The Kier molecular flexibility index (Phi) is 8.13. The Morgan fingerprint density at radius 2 is 2.04 bits per heavy atom. The number of aliphatic hydroxyl groups is 1. The first kappa shape index (κ1) is 21.1. The van der Waals surface area contributed by atoms with E-state index in [-0.39, 0.29) is 12.2 Å². The molecule has 0 bridgehead atoms. The fourth-order valence-electron chi connectivity index (χ4n) is 4.03. The molecule has 6 heteroatoms. The predicted molar refractivity (Wildman–Crippen MR) is 114 cm³/mol. The second kappa shape index (κ2) is 10.8. The zero-order valence-corrected chi connectivity index (χ0v) is 17.4. The average Bonchev–Trinajstić information content (AvgIpc) is 2.72. The molecule has 1 unspecified atom stereocenters. The Morgan fingerprint density at radius 1 is 1.25 bits per heavy atom. The van der Waals surface area contributed by atoms with Gasteiger partial charge in [-0.25, -0.2) is 0 Å². The molecule has 1 aromatic rings. The minimum atomic E-state index is -0.0999. The van der Waals surface area contributed by atoms with E-state index in [0.717, 1.165) is 77.6 Å². The molecular weight excluding hydrogens is 352 g/mol. The number of guanidine groups is 1. The summed E-state index contributed by atoms with van der Waals surface area (Å²) >= 11 is 0. The maximum Gasteiger partial charge on any atom is 0.194 e. The topological polar surface area (TPSA) is 60.3 Å². The Balaban J connectivity index is 1.53. The van der Waals surface area contributed by atoms with Gasteiger partial charge >= 0.3 is 0 Å². The van der Waals surface area contributed by atoms with Gasteiger partial charge in [-0.3, -0.25) is 4.99 Å². The van der Waals surface area contributed by atoms with Gasteiger partial charge in [0.2, 0.25) is 0 Å². The summed E-state index contributed by atoms with van der Waals surface area (Å²) in [4.78, 5) is 9.66. The first-order valence-electron chi connectivity index (χ1n) is 10.8. The van der Waals surface area contributed by atoms with Gasteiger partial charge in [-0.15, -0.1) is 0 Å². The van der Waals surface area contributed by atoms with Crippen molar-refractivity contribution in [2.75, 3.05) is 52.4 Å². The standard InChI is InChI=1S/C22H36N4O2/c1-3-23-22(24-11-6-12-25-13-9-19(27)10-14-25)26-15-16-28-21(17-26)20-8-5-4-7-18(20)2/h4-5,7-8,19,21,27H,3,6,9-17H2,1-2H3,(H,23,24). The highest BCUT2D eigenvalue weighted by atomic mass is 16.5. The van der Waals surface area contributed by atoms with Crippen LogP contribution in [0.15, 0.2) is 29.3 Å². The van der Waals surface area contributed by atoms with Crippen LogP contribution in [0.2, 0.25) is 0 Å². The summed E-state index contributed by atoms with van der Waals surface area (Å²) in [5.41, 5.74) is 2.55. The van der Waals surface area contributed by atoms with E-state index in [1.807, 2.05) is 0 Å². The van der Waals surface area contributed by atoms with Gasteiger partial charge in [-0.1, -0.05) is 24.3 Å². The van der Waals surface area contributed by atoms with Gasteiger partial charge in [0, 0.05) is 32.7 Å². The molecule has 0 spiro atoms. The van der Waals surface area contributed by atoms with Crippen molar-refractivity contribution in [1.82, 2.24) is 15.1 Å². The van der Waals surface area contributed by atoms with Gasteiger partial charge in [-0.2, -0.15) is 0 Å². The van der Waals surface area contributed by atoms with Crippen molar-refractivity contribution in [2.45, 2.75) is 45.3 Å². The van der Waals surface area contributed by atoms with Crippen molar-refractivity contribution >= 4 is 5.96 Å². The van der Waals surface area contributed by atoms with Gasteiger partial charge in [0.25, 0.3) is 0 Å². The monoisotopic (exact) mass is 388 g/mol. The Bertz CT molecular complexity index is 629. The highest BCUT2D eigenvalue weighted by Gasteiger charge is 2.25. The summed E-state index contributed by atoms with van der Waals surface area (Å²) in [7, 11) is 0. The maximum atomic E-state index is 9.62. The smallest absolute Gasteiger partial charge is 0.194 e. The molecule has 1 atom stereocenters. The molecule has 156 valence electrons. The molecule has 2 aliphatic rings. The highest BCUT2D eigenvalue weighted by Crippen LogP contribution is 2.25. The van der Waals surface area contributed by atoms with Crippen molar-refractivity contribution in [1.29, 1.82) is 0 Å². The zero-order chi connectivity index (χ0) is 19.8. The van der Waals surface area contributed by atoms with E-state index in [2.05, 4.69) is 53.2 Å². The lowest BCUT2D eigenvalue weighted by Crippen LogP contribution is -2.48. The molecule has 2 saturated heterocycles. The Hall–Kier alpha value is -1.63. The number of hydrogen-bond acceptors (Lipinski definition) is 4. The van der Waals surface area contributed by atoms with Crippen LogP contribution in [0.4, 0.5) is 0 Å². The second-order valence-corrected chi connectivity index (χ2v) is 7.82. The molecule has 28 heavy (non-hydrogen) atoms. The van der Waals surface area contributed by atoms with E-state index in [0.29, 0.717) is 0 Å². The quantitative estimate of drug-likeness (QED) is 0.444. The summed E-state index contributed by atoms with van der Waals surface area (Å²) in [5, 5.41) is 13.1. The van der Waals surface area contributed by atoms with Gasteiger partial charge in [0.05, 0.1) is 19.3 Å². The van der Waals surface area contributed by atoms with Crippen LogP contribution in [0.3, 0.4) is 0 Å². The predicted octanol–water partition coefficient (Wildman–Crippen LogP) is 2.18.